The fourth-order valence-corrected chi connectivity index (χ4v) is 4.09. The van der Waals surface area contributed by atoms with Gasteiger partial charge in [-0.3, -0.25) is 14.3 Å². The molecule has 0 bridgehead atoms. The van der Waals surface area contributed by atoms with Gasteiger partial charge in [-0.1, -0.05) is 11.6 Å². The maximum Gasteiger partial charge on any atom is 0.275 e. The summed E-state index contributed by atoms with van der Waals surface area (Å²) in [4.78, 5) is 25.3. The quantitative estimate of drug-likeness (QED) is 0.679. The molecule has 29 heavy (non-hydrogen) atoms. The van der Waals surface area contributed by atoms with Gasteiger partial charge in [0.15, 0.2) is 5.67 Å². The molecule has 0 radical (unpaired) electrons. The molecule has 0 atom stereocenters. The molecule has 150 valence electrons. The van der Waals surface area contributed by atoms with Gasteiger partial charge in [0, 0.05) is 12.7 Å². The molecule has 2 aliphatic rings. The Bertz CT molecular complexity index is 1080. The van der Waals surface area contributed by atoms with Crippen molar-refractivity contribution in [3.8, 4) is 6.07 Å². The fourth-order valence-electron chi connectivity index (χ4n) is 3.02. The van der Waals surface area contributed by atoms with Crippen LogP contribution in [0.4, 0.5) is 10.1 Å². The lowest BCUT2D eigenvalue weighted by atomic mass is 10.1. The zero-order valence-corrected chi connectivity index (χ0v) is 17.7. The maximum atomic E-state index is 14.4. The standard InChI is InChI=1S/C19H16BrClFN5O2/c1-27-14(13(20)15(26-27)19(22)6-7-19)17(29)24-10-2-3-12(21)11(8-10)16(28)25-18(9-23)4-5-18/h2-3,8H,4-7H2,1H3,(H,24,29)(H,25,28). The minimum absolute atomic E-state index is 0.149. The van der Waals surface area contributed by atoms with E-state index in [2.05, 4.69) is 37.7 Å². The van der Waals surface area contributed by atoms with Gasteiger partial charge in [-0.15, -0.1) is 0 Å². The van der Waals surface area contributed by atoms with Crippen molar-refractivity contribution >= 4 is 45.0 Å². The predicted molar refractivity (Wildman–Crippen MR) is 107 cm³/mol. The van der Waals surface area contributed by atoms with Gasteiger partial charge in [0.25, 0.3) is 11.8 Å². The van der Waals surface area contributed by atoms with E-state index in [0.717, 1.165) is 0 Å². The lowest BCUT2D eigenvalue weighted by Crippen LogP contribution is -2.35. The van der Waals surface area contributed by atoms with Crippen LogP contribution in [0.25, 0.3) is 0 Å². The first-order valence-electron chi connectivity index (χ1n) is 8.95. The van der Waals surface area contributed by atoms with Crippen molar-refractivity contribution in [2.75, 3.05) is 5.32 Å². The highest BCUT2D eigenvalue weighted by Crippen LogP contribution is 2.51. The van der Waals surface area contributed by atoms with Gasteiger partial charge in [0.1, 0.15) is 16.9 Å². The number of nitrogens with zero attached hydrogens (tertiary/aromatic N) is 3. The van der Waals surface area contributed by atoms with Crippen molar-refractivity contribution in [3.05, 3.63) is 44.6 Å². The number of nitrogens with one attached hydrogen (secondary N) is 2. The van der Waals surface area contributed by atoms with Crippen molar-refractivity contribution in [2.24, 2.45) is 7.05 Å². The normalized spacial score (nSPS) is 17.9. The summed E-state index contributed by atoms with van der Waals surface area (Å²) in [5.74, 6) is -0.992. The van der Waals surface area contributed by atoms with Crippen LogP contribution in [0.3, 0.4) is 0 Å². The van der Waals surface area contributed by atoms with E-state index < -0.39 is 23.0 Å². The Morgan fingerprint density at radius 1 is 1.31 bits per heavy atom. The topological polar surface area (TPSA) is 99.8 Å². The van der Waals surface area contributed by atoms with Crippen LogP contribution in [-0.4, -0.2) is 27.1 Å². The van der Waals surface area contributed by atoms with Gasteiger partial charge in [0.2, 0.25) is 0 Å². The number of hydrogen-bond acceptors (Lipinski definition) is 4. The molecule has 2 saturated carbocycles. The smallest absolute Gasteiger partial charge is 0.275 e. The van der Waals surface area contributed by atoms with E-state index in [1.807, 2.05) is 0 Å². The molecule has 2 amide bonds. The number of carbonyl (C=O) groups excluding carboxylic acids is 2. The predicted octanol–water partition coefficient (Wildman–Crippen LogP) is 3.83. The third-order valence-corrected chi connectivity index (χ3v) is 6.18. The SMILES string of the molecule is Cn1nc(C2(F)CC2)c(Br)c1C(=O)Nc1ccc(Cl)c(C(=O)NC2(C#N)CC2)c1. The van der Waals surface area contributed by atoms with Crippen LogP contribution in [0.2, 0.25) is 5.02 Å². The van der Waals surface area contributed by atoms with Gasteiger partial charge < -0.3 is 10.6 Å². The van der Waals surface area contributed by atoms with Crippen LogP contribution in [0, 0.1) is 11.3 Å². The highest BCUT2D eigenvalue weighted by Gasteiger charge is 2.49. The zero-order valence-electron chi connectivity index (χ0n) is 15.4. The maximum absolute atomic E-state index is 14.4. The molecule has 7 nitrogen and oxygen atoms in total. The Balaban J connectivity index is 1.56. The Morgan fingerprint density at radius 2 is 2.00 bits per heavy atom. The van der Waals surface area contributed by atoms with Crippen LogP contribution < -0.4 is 10.6 Å². The number of carbonyl (C=O) groups is 2. The summed E-state index contributed by atoms with van der Waals surface area (Å²) >= 11 is 9.42. The molecule has 0 unspecified atom stereocenters. The average Bonchev–Trinajstić information content (AvgIpc) is 3.58. The summed E-state index contributed by atoms with van der Waals surface area (Å²) < 4.78 is 16.0. The monoisotopic (exact) mass is 479 g/mol. The summed E-state index contributed by atoms with van der Waals surface area (Å²) in [6, 6.07) is 6.56. The minimum atomic E-state index is -1.49. The van der Waals surface area contributed by atoms with E-state index in [-0.39, 0.29) is 22.0 Å². The molecule has 1 aromatic carbocycles. The number of hydrogen-bond donors (Lipinski definition) is 2. The number of alkyl halides is 1. The molecular formula is C19H16BrClFN5O2. The summed E-state index contributed by atoms with van der Waals surface area (Å²) in [5.41, 5.74) is -1.45. The molecular weight excluding hydrogens is 465 g/mol. The van der Waals surface area contributed by atoms with Crippen molar-refractivity contribution in [3.63, 3.8) is 0 Å². The number of rotatable bonds is 5. The van der Waals surface area contributed by atoms with Crippen molar-refractivity contribution in [1.82, 2.24) is 15.1 Å². The number of benzene rings is 1. The van der Waals surface area contributed by atoms with E-state index in [9.17, 15) is 14.0 Å². The van der Waals surface area contributed by atoms with Crippen molar-refractivity contribution in [2.45, 2.75) is 36.9 Å². The van der Waals surface area contributed by atoms with E-state index in [1.54, 1.807) is 13.1 Å². The minimum Gasteiger partial charge on any atom is -0.334 e. The van der Waals surface area contributed by atoms with E-state index in [1.165, 1.54) is 16.8 Å². The average molecular weight is 481 g/mol. The number of aromatic nitrogens is 2. The molecule has 2 aliphatic carbocycles. The van der Waals surface area contributed by atoms with Crippen LogP contribution in [0.5, 0.6) is 0 Å². The highest BCUT2D eigenvalue weighted by molar-refractivity contribution is 9.10. The van der Waals surface area contributed by atoms with Gasteiger partial charge in [-0.2, -0.15) is 10.4 Å². The fraction of sp³-hybridized carbons (Fsp3) is 0.368. The number of amides is 2. The Kier molecular flexibility index (Phi) is 4.67. The molecule has 2 fully saturated rings. The molecule has 1 heterocycles. The van der Waals surface area contributed by atoms with Gasteiger partial charge in [0.05, 0.1) is 21.1 Å². The third-order valence-electron chi connectivity index (χ3n) is 5.10. The molecule has 1 aromatic heterocycles. The lowest BCUT2D eigenvalue weighted by molar-refractivity contribution is 0.0940. The second kappa shape index (κ2) is 6.82. The Morgan fingerprint density at radius 3 is 2.59 bits per heavy atom. The number of halogens is 3. The number of aryl methyl sites for hydroxylation is 1. The van der Waals surface area contributed by atoms with E-state index in [4.69, 9.17) is 16.9 Å². The van der Waals surface area contributed by atoms with Crippen LogP contribution in [0.15, 0.2) is 22.7 Å². The molecule has 0 spiro atoms. The Labute approximate surface area is 179 Å². The van der Waals surface area contributed by atoms with Crippen LogP contribution >= 0.6 is 27.5 Å². The van der Waals surface area contributed by atoms with Crippen molar-refractivity contribution in [1.29, 1.82) is 5.26 Å². The summed E-state index contributed by atoms with van der Waals surface area (Å²) in [7, 11) is 1.56. The summed E-state index contributed by atoms with van der Waals surface area (Å²) in [6.45, 7) is 0. The first-order valence-corrected chi connectivity index (χ1v) is 10.1. The van der Waals surface area contributed by atoms with E-state index in [0.29, 0.717) is 35.8 Å². The third kappa shape index (κ3) is 3.63. The summed E-state index contributed by atoms with van der Waals surface area (Å²) in [5, 5.41) is 18.8. The molecule has 0 saturated heterocycles. The van der Waals surface area contributed by atoms with Crippen LogP contribution in [0.1, 0.15) is 52.2 Å². The van der Waals surface area contributed by atoms with Gasteiger partial charge >= 0.3 is 0 Å². The van der Waals surface area contributed by atoms with Crippen molar-refractivity contribution < 1.29 is 14.0 Å². The molecule has 2 N–H and O–H groups in total. The summed E-state index contributed by atoms with van der Waals surface area (Å²) in [6.07, 6.45) is 1.94. The highest BCUT2D eigenvalue weighted by atomic mass is 79.9. The first kappa shape index (κ1) is 19.9. The van der Waals surface area contributed by atoms with Gasteiger partial charge in [-0.25, -0.2) is 4.39 Å². The second-order valence-corrected chi connectivity index (χ2v) is 8.60. The first-order chi connectivity index (χ1) is 13.7. The zero-order chi connectivity index (χ0) is 21.0. The molecule has 2 aromatic rings. The van der Waals surface area contributed by atoms with Crippen LogP contribution in [-0.2, 0) is 12.7 Å². The molecule has 4 rings (SSSR count). The Hall–Kier alpha value is -2.44. The van der Waals surface area contributed by atoms with E-state index >= 15 is 0 Å². The second-order valence-electron chi connectivity index (χ2n) is 7.40. The molecule has 0 aliphatic heterocycles. The number of nitriles is 1. The van der Waals surface area contributed by atoms with Gasteiger partial charge in [-0.05, 0) is 59.8 Å². The molecule has 10 heteroatoms. The number of anilines is 1. The largest absolute Gasteiger partial charge is 0.334 e. The lowest BCUT2D eigenvalue weighted by Gasteiger charge is -2.12.